The number of hydrogen-bond acceptors (Lipinski definition) is 2. The van der Waals surface area contributed by atoms with Crippen LogP contribution >= 0.6 is 63.7 Å². The summed E-state index contributed by atoms with van der Waals surface area (Å²) in [5.74, 6) is 0. The van der Waals surface area contributed by atoms with E-state index in [1.807, 2.05) is 85.0 Å². The van der Waals surface area contributed by atoms with Gasteiger partial charge in [-0.2, -0.15) is 0 Å². The standard InChI is InChI=1S/2C15H9Br2N2.Co/c2*16-13-8-6-11(18-13)15(10-4-2-1-3-5-10)12-7-9-14(17)19-12;/h2*1-9H;/q2*-1;+2/b2*15-11-;. The second-order valence-corrected chi connectivity index (χ2v) is 11.3. The van der Waals surface area contributed by atoms with Gasteiger partial charge in [0.05, 0.1) is 11.4 Å². The van der Waals surface area contributed by atoms with Gasteiger partial charge in [-0.1, -0.05) is 126 Å². The predicted octanol–water partition coefficient (Wildman–Crippen LogP) is 9.06. The van der Waals surface area contributed by atoms with Gasteiger partial charge in [0.2, 0.25) is 0 Å². The van der Waals surface area contributed by atoms with Gasteiger partial charge in [-0.25, -0.2) is 9.98 Å². The number of halogens is 4. The summed E-state index contributed by atoms with van der Waals surface area (Å²) in [6, 6.07) is 28.2. The normalized spacial score (nSPS) is 16.2. The zero-order valence-corrected chi connectivity index (χ0v) is 27.4. The fourth-order valence-corrected chi connectivity index (χ4v) is 5.26. The maximum absolute atomic E-state index is 4.50. The maximum atomic E-state index is 4.50. The van der Waals surface area contributed by atoms with Crippen molar-refractivity contribution in [2.75, 3.05) is 0 Å². The van der Waals surface area contributed by atoms with Crippen LogP contribution in [-0.2, 0) is 16.8 Å². The molecule has 0 bridgehead atoms. The molecule has 0 amide bonds. The fraction of sp³-hybridized carbons (Fsp3) is 0. The van der Waals surface area contributed by atoms with E-state index in [0.717, 1.165) is 63.5 Å². The Labute approximate surface area is 270 Å². The van der Waals surface area contributed by atoms with Crippen LogP contribution < -0.4 is 9.97 Å². The molecule has 0 unspecified atom stereocenters. The van der Waals surface area contributed by atoms with Crippen LogP contribution in [0.25, 0.3) is 11.1 Å². The summed E-state index contributed by atoms with van der Waals surface area (Å²) in [6.45, 7) is 0. The summed E-state index contributed by atoms with van der Waals surface area (Å²) < 4.78 is 3.34. The van der Waals surface area contributed by atoms with Crippen LogP contribution in [0.2, 0.25) is 0 Å². The number of rotatable bonds is 4. The SMILES string of the molecule is BrC1=N/C(=C(/c2ccccc2)c2ccc(Br)[n-]2)C=C1.BrC1=N/C(=C(/c2ccccc2)c2ccc(Br)[n-]2)C=C1.[Co+2]. The molecule has 2 aliphatic heterocycles. The van der Waals surface area contributed by atoms with Crippen molar-refractivity contribution in [3.8, 4) is 0 Å². The van der Waals surface area contributed by atoms with Crippen LogP contribution in [0, 0.1) is 0 Å². The van der Waals surface area contributed by atoms with Gasteiger partial charge in [0.15, 0.2) is 0 Å². The molecule has 0 saturated heterocycles. The monoisotopic (exact) mass is 809 g/mol. The number of allylic oxidation sites excluding steroid dienone is 4. The Hall–Kier alpha value is -2.27. The molecular formula is C30H18Br4CoN4. The summed E-state index contributed by atoms with van der Waals surface area (Å²) in [7, 11) is 0. The molecule has 6 rings (SSSR count). The van der Waals surface area contributed by atoms with E-state index in [-0.39, 0.29) is 16.8 Å². The summed E-state index contributed by atoms with van der Waals surface area (Å²) in [5, 5.41) is 0. The molecule has 0 atom stereocenters. The van der Waals surface area contributed by atoms with Crippen LogP contribution in [0.15, 0.2) is 140 Å². The van der Waals surface area contributed by atoms with Crippen molar-refractivity contribution >= 4 is 84.1 Å². The molecule has 0 saturated carbocycles. The Morgan fingerprint density at radius 2 is 0.872 bits per heavy atom. The van der Waals surface area contributed by atoms with Crippen molar-refractivity contribution in [2.45, 2.75) is 0 Å². The second kappa shape index (κ2) is 13.9. The molecule has 0 spiro atoms. The Morgan fingerprint density at radius 3 is 1.15 bits per heavy atom. The van der Waals surface area contributed by atoms with Gasteiger partial charge < -0.3 is 9.97 Å². The second-order valence-electron chi connectivity index (χ2n) is 8.09. The molecule has 195 valence electrons. The van der Waals surface area contributed by atoms with Gasteiger partial charge >= 0.3 is 16.8 Å². The Bertz CT molecular complexity index is 1520. The van der Waals surface area contributed by atoms with Crippen molar-refractivity contribution in [3.63, 3.8) is 0 Å². The number of aromatic nitrogens is 2. The van der Waals surface area contributed by atoms with E-state index in [2.05, 4.69) is 108 Å². The molecule has 0 aliphatic carbocycles. The van der Waals surface area contributed by atoms with Crippen molar-refractivity contribution < 1.29 is 16.8 Å². The van der Waals surface area contributed by atoms with E-state index in [9.17, 15) is 0 Å². The number of benzene rings is 2. The van der Waals surface area contributed by atoms with Gasteiger partial charge in [0.1, 0.15) is 9.24 Å². The van der Waals surface area contributed by atoms with Gasteiger partial charge in [-0.05, 0) is 78.4 Å². The van der Waals surface area contributed by atoms with E-state index in [1.165, 1.54) is 0 Å². The third kappa shape index (κ3) is 7.48. The van der Waals surface area contributed by atoms with Crippen LogP contribution in [0.3, 0.4) is 0 Å². The summed E-state index contributed by atoms with van der Waals surface area (Å²) in [6.07, 6.45) is 7.87. The average Bonchev–Trinajstić information content (AvgIpc) is 3.73. The minimum Gasteiger partial charge on any atom is -0.651 e. The van der Waals surface area contributed by atoms with Crippen LogP contribution in [0.4, 0.5) is 0 Å². The zero-order chi connectivity index (χ0) is 26.5. The van der Waals surface area contributed by atoms with Crippen molar-refractivity contribution in [1.29, 1.82) is 0 Å². The van der Waals surface area contributed by atoms with Gasteiger partial charge in [0.25, 0.3) is 0 Å². The molecule has 2 aliphatic rings. The van der Waals surface area contributed by atoms with E-state index in [4.69, 9.17) is 0 Å². The first-order valence-electron chi connectivity index (χ1n) is 11.5. The number of hydrogen-bond donors (Lipinski definition) is 0. The van der Waals surface area contributed by atoms with E-state index in [1.54, 1.807) is 0 Å². The number of aliphatic imine (C=N–C) groups is 2. The molecule has 1 radical (unpaired) electrons. The van der Waals surface area contributed by atoms with E-state index in [0.29, 0.717) is 0 Å². The Morgan fingerprint density at radius 1 is 0.487 bits per heavy atom. The van der Waals surface area contributed by atoms with Crippen LogP contribution in [-0.4, -0.2) is 9.24 Å². The predicted molar refractivity (Wildman–Crippen MR) is 171 cm³/mol. The summed E-state index contributed by atoms with van der Waals surface area (Å²) in [5.41, 5.74) is 7.98. The minimum absolute atomic E-state index is 0. The first-order valence-corrected chi connectivity index (χ1v) is 14.7. The fourth-order valence-electron chi connectivity index (χ4n) is 3.97. The molecule has 0 N–H and O–H groups in total. The van der Waals surface area contributed by atoms with Crippen LogP contribution in [0.5, 0.6) is 0 Å². The largest absolute Gasteiger partial charge is 2.00 e. The van der Waals surface area contributed by atoms with Gasteiger partial charge in [-0.15, -0.1) is 11.4 Å². The van der Waals surface area contributed by atoms with Gasteiger partial charge in [-0.3, -0.25) is 0 Å². The van der Waals surface area contributed by atoms with Crippen molar-refractivity contribution in [1.82, 2.24) is 9.97 Å². The molecule has 2 aromatic heterocycles. The molecule has 4 heterocycles. The molecule has 9 heteroatoms. The van der Waals surface area contributed by atoms with E-state index >= 15 is 0 Å². The summed E-state index contributed by atoms with van der Waals surface area (Å²) in [4.78, 5) is 18.0. The average molecular weight is 813 g/mol. The van der Waals surface area contributed by atoms with Gasteiger partial charge in [0, 0.05) is 0 Å². The Balaban J connectivity index is 0.000000176. The van der Waals surface area contributed by atoms with Crippen LogP contribution in [0.1, 0.15) is 22.5 Å². The smallest absolute Gasteiger partial charge is 0.651 e. The molecule has 2 aromatic carbocycles. The quantitative estimate of drug-likeness (QED) is 0.207. The minimum atomic E-state index is 0. The first kappa shape index (κ1) is 29.7. The van der Waals surface area contributed by atoms with Crippen molar-refractivity contribution in [2.24, 2.45) is 9.98 Å². The number of nitrogens with zero attached hydrogens (tertiary/aromatic N) is 4. The van der Waals surface area contributed by atoms with Crippen molar-refractivity contribution in [3.05, 3.63) is 152 Å². The third-order valence-corrected chi connectivity index (χ3v) is 7.34. The summed E-state index contributed by atoms with van der Waals surface area (Å²) >= 11 is 13.6. The first-order chi connectivity index (χ1) is 18.5. The third-order valence-electron chi connectivity index (χ3n) is 5.57. The molecule has 39 heavy (non-hydrogen) atoms. The Kier molecular flexibility index (Phi) is 10.6. The molecule has 0 fully saturated rings. The maximum Gasteiger partial charge on any atom is 2.00 e. The zero-order valence-electron chi connectivity index (χ0n) is 20.0. The molecular weight excluding hydrogens is 795 g/mol. The van der Waals surface area contributed by atoms with E-state index < -0.39 is 0 Å². The molecule has 4 nitrogen and oxygen atoms in total. The molecule has 4 aromatic rings. The topological polar surface area (TPSA) is 52.9 Å².